The Morgan fingerprint density at radius 1 is 0.778 bits per heavy atom. The van der Waals surface area contributed by atoms with Gasteiger partial charge in [0.05, 0.1) is 0 Å². The van der Waals surface area contributed by atoms with Gasteiger partial charge in [0.2, 0.25) is 0 Å². The summed E-state index contributed by atoms with van der Waals surface area (Å²) in [4.78, 5) is 0. The van der Waals surface area contributed by atoms with Crippen molar-refractivity contribution in [1.82, 2.24) is 0 Å². The predicted octanol–water partition coefficient (Wildman–Crippen LogP) is 0.943. The molecule has 0 amide bonds. The molecule has 18 heavy (non-hydrogen) atoms. The molecule has 0 unspecified atom stereocenters. The van der Waals surface area contributed by atoms with Crippen molar-refractivity contribution in [2.24, 2.45) is 0 Å². The number of hydrogen-bond acceptors (Lipinski definition) is 6. The molecule has 0 aromatic carbocycles. The third-order valence-electron chi connectivity index (χ3n) is 0.880. The van der Waals surface area contributed by atoms with E-state index in [1.54, 1.807) is 0 Å². The van der Waals surface area contributed by atoms with Crippen molar-refractivity contribution >= 4 is 50.2 Å². The van der Waals surface area contributed by atoms with Gasteiger partial charge in [-0.25, -0.2) is 0 Å². The molecule has 0 aromatic rings. The van der Waals surface area contributed by atoms with E-state index in [1.807, 2.05) is 0 Å². The van der Waals surface area contributed by atoms with Crippen LogP contribution in [0.1, 0.15) is 0 Å². The fourth-order valence-corrected chi connectivity index (χ4v) is 11.2. The van der Waals surface area contributed by atoms with Gasteiger partial charge >= 0.3 is 109 Å². The molecule has 0 atom stereocenters. The molecule has 0 radical (unpaired) electrons. The SMILES string of the molecule is O=S(=O)([O][Bi]([Cl])[O]S(=O)(=O)C(F)(F)F)C(F)(F)F. The molecule has 0 fully saturated rings. The second kappa shape index (κ2) is 5.52. The molecule has 0 aliphatic rings. The summed E-state index contributed by atoms with van der Waals surface area (Å²) < 4.78 is 117. The Kier molecular flexibility index (Phi) is 5.69. The van der Waals surface area contributed by atoms with E-state index >= 15 is 0 Å². The Balaban J connectivity index is 4.92. The van der Waals surface area contributed by atoms with Gasteiger partial charge in [-0.05, 0) is 0 Å². The van der Waals surface area contributed by atoms with Gasteiger partial charge in [-0.1, -0.05) is 0 Å². The molecule has 0 aliphatic carbocycles. The van der Waals surface area contributed by atoms with Crippen molar-refractivity contribution in [1.29, 1.82) is 0 Å². The van der Waals surface area contributed by atoms with Crippen LogP contribution in [0.5, 0.6) is 0 Å². The molecule has 0 rings (SSSR count). The van der Waals surface area contributed by atoms with Gasteiger partial charge in [0.15, 0.2) is 0 Å². The molecule has 0 spiro atoms. The Morgan fingerprint density at radius 3 is 1.17 bits per heavy atom. The zero-order chi connectivity index (χ0) is 15.0. The van der Waals surface area contributed by atoms with E-state index < -0.39 is 52.7 Å². The van der Waals surface area contributed by atoms with Gasteiger partial charge in [-0.2, -0.15) is 0 Å². The fraction of sp³-hybridized carbons (Fsp3) is 1.00. The summed E-state index contributed by atoms with van der Waals surface area (Å²) in [6.07, 6.45) is 0. The van der Waals surface area contributed by atoms with Gasteiger partial charge in [0, 0.05) is 0 Å². The van der Waals surface area contributed by atoms with E-state index in [0.717, 1.165) is 0 Å². The topological polar surface area (TPSA) is 86.7 Å². The second-order valence-corrected chi connectivity index (χ2v) is 12.8. The van der Waals surface area contributed by atoms with Crippen molar-refractivity contribution in [3.63, 3.8) is 0 Å². The monoisotopic (exact) mass is 542 g/mol. The van der Waals surface area contributed by atoms with E-state index in [1.165, 1.54) is 0 Å². The normalized spacial score (nSPS) is 15.1. The summed E-state index contributed by atoms with van der Waals surface area (Å²) in [6.45, 7) is 0. The average Bonchev–Trinajstić information content (AvgIpc) is 1.95. The summed E-state index contributed by atoms with van der Waals surface area (Å²) in [5.74, 6) is 0. The van der Waals surface area contributed by atoms with Crippen molar-refractivity contribution in [3.05, 3.63) is 0 Å². The summed E-state index contributed by atoms with van der Waals surface area (Å²) in [5, 5.41) is 0. The molecular formula is C2BiClF6O6S2. The van der Waals surface area contributed by atoms with E-state index in [2.05, 4.69) is 13.0 Å². The van der Waals surface area contributed by atoms with Crippen LogP contribution in [0.3, 0.4) is 0 Å². The first-order chi connectivity index (χ1) is 7.60. The van der Waals surface area contributed by atoms with Crippen LogP contribution in [-0.4, -0.2) is 49.3 Å². The van der Waals surface area contributed by atoms with Crippen molar-refractivity contribution in [2.45, 2.75) is 11.0 Å². The van der Waals surface area contributed by atoms with Crippen LogP contribution >= 0.6 is 8.51 Å². The van der Waals surface area contributed by atoms with Crippen LogP contribution in [0.2, 0.25) is 0 Å². The van der Waals surface area contributed by atoms with Crippen LogP contribution in [0.4, 0.5) is 26.3 Å². The molecule has 0 heterocycles. The Bertz CT molecular complexity index is 445. The molecular weight excluding hydrogens is 543 g/mol. The molecule has 6 nitrogen and oxygen atoms in total. The maximum atomic E-state index is 11.7. The minimum atomic E-state index is -6.31. The van der Waals surface area contributed by atoms with Gasteiger partial charge in [-0.15, -0.1) is 0 Å². The molecule has 0 aliphatic heterocycles. The molecule has 0 saturated heterocycles. The average molecular weight is 543 g/mol. The first-order valence-corrected chi connectivity index (χ1v) is 13.0. The van der Waals surface area contributed by atoms with Gasteiger partial charge in [-0.3, -0.25) is 0 Å². The van der Waals surface area contributed by atoms with E-state index in [-0.39, 0.29) is 0 Å². The van der Waals surface area contributed by atoms with Crippen molar-refractivity contribution in [2.75, 3.05) is 0 Å². The van der Waals surface area contributed by atoms with Crippen molar-refractivity contribution in [3.8, 4) is 0 Å². The third-order valence-corrected chi connectivity index (χ3v) is 12.9. The van der Waals surface area contributed by atoms with Gasteiger partial charge in [0.25, 0.3) is 0 Å². The van der Waals surface area contributed by atoms with Gasteiger partial charge < -0.3 is 0 Å². The summed E-state index contributed by atoms with van der Waals surface area (Å²) >= 11 is -5.47. The van der Waals surface area contributed by atoms with Crippen LogP contribution in [0.15, 0.2) is 0 Å². The quantitative estimate of drug-likeness (QED) is 0.299. The first-order valence-electron chi connectivity index (χ1n) is 3.08. The number of halogens is 7. The van der Waals surface area contributed by atoms with Crippen LogP contribution < -0.4 is 0 Å². The van der Waals surface area contributed by atoms with E-state index in [4.69, 9.17) is 0 Å². The minimum absolute atomic E-state index is 3.05. The standard InChI is InChI=1S/2CHF3O3S.Bi.ClH/c2*2-1(3,4)8(5,6)7;;/h2*(H,5,6,7);;1H/q;;+3;/p-3. The first kappa shape index (κ1) is 18.6. The van der Waals surface area contributed by atoms with Crippen LogP contribution in [-0.2, 0) is 24.8 Å². The molecule has 110 valence electrons. The Labute approximate surface area is 109 Å². The molecule has 16 heteroatoms. The third kappa shape index (κ3) is 4.92. The van der Waals surface area contributed by atoms with Gasteiger partial charge in [0.1, 0.15) is 0 Å². The predicted molar refractivity (Wildman–Crippen MR) is 43.7 cm³/mol. The molecule has 0 bridgehead atoms. The van der Waals surface area contributed by atoms with E-state index in [9.17, 15) is 43.2 Å². The van der Waals surface area contributed by atoms with Crippen LogP contribution in [0.25, 0.3) is 0 Å². The number of hydrogen-bond donors (Lipinski definition) is 0. The van der Waals surface area contributed by atoms with Crippen molar-refractivity contribution < 1.29 is 47.7 Å². The number of alkyl halides is 6. The summed E-state index contributed by atoms with van der Waals surface area (Å²) in [5.41, 5.74) is -11.9. The summed E-state index contributed by atoms with van der Waals surface area (Å²) in [7, 11) is -7.96. The van der Waals surface area contributed by atoms with Crippen LogP contribution in [0, 0.1) is 0 Å². The number of rotatable bonds is 4. The Morgan fingerprint density at radius 2 is 1.00 bits per heavy atom. The maximum absolute atomic E-state index is 11.7. The summed E-state index contributed by atoms with van der Waals surface area (Å²) in [6, 6.07) is 0. The zero-order valence-corrected chi connectivity index (χ0v) is 13.2. The second-order valence-electron chi connectivity index (χ2n) is 2.16. The molecule has 0 saturated carbocycles. The Hall–Kier alpha value is 0.573. The fourth-order valence-electron chi connectivity index (χ4n) is 0.251. The zero-order valence-electron chi connectivity index (χ0n) is 7.36. The van der Waals surface area contributed by atoms with E-state index in [0.29, 0.717) is 0 Å². The molecule has 0 aromatic heterocycles. The molecule has 0 N–H and O–H groups in total.